The number of hydrogen-bond acceptors (Lipinski definition) is 4. The molecule has 1 aromatic carbocycles. The third-order valence-corrected chi connectivity index (χ3v) is 3.21. The topological polar surface area (TPSA) is 48.3 Å². The normalized spacial score (nSPS) is 20.2. The second kappa shape index (κ2) is 6.62. The molecule has 1 aliphatic rings. The molecule has 1 heterocycles. The van der Waals surface area contributed by atoms with Crippen LogP contribution in [0, 0.1) is 17.1 Å². The molecule has 0 unspecified atom stereocenters. The lowest BCUT2D eigenvalue weighted by atomic mass is 10.1. The summed E-state index contributed by atoms with van der Waals surface area (Å²) in [5.41, 5.74) is 0.918. The van der Waals surface area contributed by atoms with Crippen LogP contribution in [0.5, 0.6) is 0 Å². The lowest BCUT2D eigenvalue weighted by molar-refractivity contribution is -0.0182. The number of hydrogen-bond donors (Lipinski definition) is 1. The molecule has 5 heteroatoms. The van der Waals surface area contributed by atoms with Crippen molar-refractivity contribution in [1.82, 2.24) is 10.2 Å². The molecule has 1 saturated heterocycles. The summed E-state index contributed by atoms with van der Waals surface area (Å²) in [5.74, 6) is -0.340. The minimum absolute atomic E-state index is 0.153. The highest BCUT2D eigenvalue weighted by Crippen LogP contribution is 2.10. The van der Waals surface area contributed by atoms with Crippen molar-refractivity contribution in [2.75, 3.05) is 33.3 Å². The maximum Gasteiger partial charge on any atom is 0.129 e. The van der Waals surface area contributed by atoms with E-state index in [0.717, 1.165) is 19.7 Å². The van der Waals surface area contributed by atoms with Gasteiger partial charge in [0.2, 0.25) is 0 Å². The second-order valence-electron chi connectivity index (χ2n) is 4.80. The molecule has 0 saturated carbocycles. The van der Waals surface area contributed by atoms with E-state index in [1.807, 2.05) is 6.07 Å². The third kappa shape index (κ3) is 4.00. The van der Waals surface area contributed by atoms with Gasteiger partial charge in [0, 0.05) is 31.7 Å². The number of halogens is 1. The summed E-state index contributed by atoms with van der Waals surface area (Å²) in [6, 6.07) is 6.47. The number of ether oxygens (including phenoxy) is 1. The number of nitriles is 1. The number of nitrogens with zero attached hydrogens (tertiary/aromatic N) is 2. The van der Waals surface area contributed by atoms with Gasteiger partial charge >= 0.3 is 0 Å². The van der Waals surface area contributed by atoms with Gasteiger partial charge in [0.15, 0.2) is 0 Å². The zero-order valence-electron chi connectivity index (χ0n) is 11.0. The van der Waals surface area contributed by atoms with E-state index in [0.29, 0.717) is 24.2 Å². The van der Waals surface area contributed by atoms with E-state index >= 15 is 0 Å². The number of morpholine rings is 1. The van der Waals surface area contributed by atoms with E-state index in [4.69, 9.17) is 10.00 Å². The van der Waals surface area contributed by atoms with Gasteiger partial charge in [-0.2, -0.15) is 5.26 Å². The van der Waals surface area contributed by atoms with Crippen molar-refractivity contribution < 1.29 is 9.13 Å². The molecule has 0 aromatic heterocycles. The Bertz CT molecular complexity index is 472. The minimum Gasteiger partial charge on any atom is -0.374 e. The molecule has 1 N–H and O–H groups in total. The predicted octanol–water partition coefficient (Wildman–Crippen LogP) is 1.12. The highest BCUT2D eigenvalue weighted by Gasteiger charge is 2.17. The molecule has 1 aromatic rings. The fourth-order valence-electron chi connectivity index (χ4n) is 2.12. The molecule has 102 valence electrons. The average Bonchev–Trinajstić information content (AvgIpc) is 2.40. The van der Waals surface area contributed by atoms with E-state index in [-0.39, 0.29) is 11.9 Å². The number of nitrogens with one attached hydrogen (secondary N) is 1. The number of likely N-dealkylation sites (N-methyl/N-ethyl adjacent to an activating group) is 1. The summed E-state index contributed by atoms with van der Waals surface area (Å²) in [5, 5.41) is 11.9. The van der Waals surface area contributed by atoms with Crippen molar-refractivity contribution in [3.63, 3.8) is 0 Å². The largest absolute Gasteiger partial charge is 0.374 e. The molecule has 19 heavy (non-hydrogen) atoms. The third-order valence-electron chi connectivity index (χ3n) is 3.21. The summed E-state index contributed by atoms with van der Waals surface area (Å²) < 4.78 is 19.2. The van der Waals surface area contributed by atoms with Crippen LogP contribution in [0.2, 0.25) is 0 Å². The molecule has 1 fully saturated rings. The molecule has 2 rings (SSSR count). The molecule has 0 radical (unpaired) electrons. The number of rotatable bonds is 4. The first-order valence-electron chi connectivity index (χ1n) is 6.38. The van der Waals surface area contributed by atoms with Crippen molar-refractivity contribution in [2.24, 2.45) is 0 Å². The molecular weight excluding hydrogens is 245 g/mol. The summed E-state index contributed by atoms with van der Waals surface area (Å²) in [6.07, 6.45) is 0.153. The molecule has 0 amide bonds. The van der Waals surface area contributed by atoms with E-state index < -0.39 is 0 Å². The van der Waals surface area contributed by atoms with Crippen LogP contribution in [0.25, 0.3) is 0 Å². The van der Waals surface area contributed by atoms with Crippen LogP contribution in [0.15, 0.2) is 18.2 Å². The van der Waals surface area contributed by atoms with Crippen molar-refractivity contribution >= 4 is 0 Å². The SMILES string of the molecule is CN1CCO[C@@H](CNCc2ccc(C#N)cc2F)C1. The second-order valence-corrected chi connectivity index (χ2v) is 4.80. The smallest absolute Gasteiger partial charge is 0.129 e. The van der Waals surface area contributed by atoms with Crippen LogP contribution in [-0.2, 0) is 11.3 Å². The zero-order valence-corrected chi connectivity index (χ0v) is 11.0. The molecule has 1 aliphatic heterocycles. The Morgan fingerprint density at radius 2 is 2.42 bits per heavy atom. The minimum atomic E-state index is -0.340. The van der Waals surface area contributed by atoms with Gasteiger partial charge < -0.3 is 15.0 Å². The Balaban J connectivity index is 1.81. The van der Waals surface area contributed by atoms with Crippen molar-refractivity contribution in [1.29, 1.82) is 5.26 Å². The maximum absolute atomic E-state index is 13.6. The number of benzene rings is 1. The molecule has 0 spiro atoms. The molecule has 1 atom stereocenters. The molecule has 0 aliphatic carbocycles. The summed E-state index contributed by atoms with van der Waals surface area (Å²) in [4.78, 5) is 2.22. The van der Waals surface area contributed by atoms with Crippen LogP contribution in [-0.4, -0.2) is 44.3 Å². The Morgan fingerprint density at radius 1 is 1.58 bits per heavy atom. The summed E-state index contributed by atoms with van der Waals surface area (Å²) in [6.45, 7) is 3.74. The molecule has 4 nitrogen and oxygen atoms in total. The van der Waals surface area contributed by atoms with Gasteiger partial charge in [-0.25, -0.2) is 4.39 Å². The first-order valence-corrected chi connectivity index (χ1v) is 6.38. The first-order chi connectivity index (χ1) is 9.19. The van der Waals surface area contributed by atoms with Crippen molar-refractivity contribution in [2.45, 2.75) is 12.6 Å². The van der Waals surface area contributed by atoms with Gasteiger partial charge in [-0.15, -0.1) is 0 Å². The predicted molar refractivity (Wildman–Crippen MR) is 70.1 cm³/mol. The van der Waals surface area contributed by atoms with Crippen LogP contribution >= 0.6 is 0 Å². The first kappa shape index (κ1) is 13.9. The van der Waals surface area contributed by atoms with E-state index in [1.165, 1.54) is 6.07 Å². The van der Waals surface area contributed by atoms with Gasteiger partial charge in [0.1, 0.15) is 5.82 Å². The average molecular weight is 263 g/mol. The highest BCUT2D eigenvalue weighted by atomic mass is 19.1. The Morgan fingerprint density at radius 3 is 3.11 bits per heavy atom. The Labute approximate surface area is 112 Å². The highest BCUT2D eigenvalue weighted by molar-refractivity contribution is 5.32. The van der Waals surface area contributed by atoms with Gasteiger partial charge in [-0.3, -0.25) is 0 Å². The Hall–Kier alpha value is -1.48. The standard InChI is InChI=1S/C14H18FN3O/c1-18-4-5-19-13(10-18)9-17-8-12-3-2-11(7-16)6-14(12)15/h2-3,6,13,17H,4-5,8-10H2,1H3/t13-/m0/s1. The maximum atomic E-state index is 13.6. The van der Waals surface area contributed by atoms with Crippen LogP contribution in [0.4, 0.5) is 4.39 Å². The van der Waals surface area contributed by atoms with Gasteiger partial charge in [0.05, 0.1) is 24.3 Å². The van der Waals surface area contributed by atoms with E-state index in [1.54, 1.807) is 12.1 Å². The van der Waals surface area contributed by atoms with Crippen LogP contribution in [0.1, 0.15) is 11.1 Å². The van der Waals surface area contributed by atoms with E-state index in [2.05, 4.69) is 17.3 Å². The molecular formula is C14H18FN3O. The lowest BCUT2D eigenvalue weighted by Crippen LogP contribution is -2.44. The fourth-order valence-corrected chi connectivity index (χ4v) is 2.12. The van der Waals surface area contributed by atoms with Crippen molar-refractivity contribution in [3.05, 3.63) is 35.1 Å². The molecule has 0 bridgehead atoms. The zero-order chi connectivity index (χ0) is 13.7. The van der Waals surface area contributed by atoms with E-state index in [9.17, 15) is 4.39 Å². The van der Waals surface area contributed by atoms with Crippen molar-refractivity contribution in [3.8, 4) is 6.07 Å². The fraction of sp³-hybridized carbons (Fsp3) is 0.500. The van der Waals surface area contributed by atoms with Crippen LogP contribution in [0.3, 0.4) is 0 Å². The quantitative estimate of drug-likeness (QED) is 0.884. The van der Waals surface area contributed by atoms with Crippen LogP contribution < -0.4 is 5.32 Å². The lowest BCUT2D eigenvalue weighted by Gasteiger charge is -2.30. The summed E-state index contributed by atoms with van der Waals surface area (Å²) >= 11 is 0. The Kier molecular flexibility index (Phi) is 4.86. The van der Waals surface area contributed by atoms with Gasteiger partial charge in [0.25, 0.3) is 0 Å². The monoisotopic (exact) mass is 263 g/mol. The summed E-state index contributed by atoms with van der Waals surface area (Å²) in [7, 11) is 2.07. The van der Waals surface area contributed by atoms with Gasteiger partial charge in [-0.05, 0) is 19.2 Å². The van der Waals surface area contributed by atoms with Gasteiger partial charge in [-0.1, -0.05) is 6.07 Å².